The molecular formula is C47H58Cl2Si2Zr-2. The maximum Gasteiger partial charge on any atom is 0.0775 e. The predicted molar refractivity (Wildman–Crippen MR) is 224 cm³/mol. The van der Waals surface area contributed by atoms with E-state index >= 15 is 0 Å². The minimum atomic E-state index is -1.21. The molecule has 5 heteroatoms. The number of hydrogen-bond acceptors (Lipinski definition) is 0. The summed E-state index contributed by atoms with van der Waals surface area (Å²) in [6.07, 6.45) is 5.47. The van der Waals surface area contributed by atoms with Crippen molar-refractivity contribution in [2.75, 3.05) is 0 Å². The zero-order chi connectivity index (χ0) is 36.2. The molecule has 6 aromatic rings. The average Bonchev–Trinajstić information content (AvgIpc) is 3.67. The van der Waals surface area contributed by atoms with Gasteiger partial charge < -0.3 is 24.8 Å². The molecule has 52 heavy (non-hydrogen) atoms. The van der Waals surface area contributed by atoms with E-state index in [1.165, 1.54) is 85.8 Å². The summed E-state index contributed by atoms with van der Waals surface area (Å²) in [5.74, 6) is 1.67. The van der Waals surface area contributed by atoms with Crippen LogP contribution < -0.4 is 30.0 Å². The monoisotopic (exact) mass is 838 g/mol. The van der Waals surface area contributed by atoms with Crippen molar-refractivity contribution in [3.63, 3.8) is 0 Å². The van der Waals surface area contributed by atoms with Crippen molar-refractivity contribution >= 4 is 40.2 Å². The average molecular weight is 841 g/mol. The molecule has 6 aromatic carbocycles. The molecule has 0 nitrogen and oxygen atoms in total. The van der Waals surface area contributed by atoms with Crippen molar-refractivity contribution in [3.8, 4) is 22.3 Å². The van der Waals surface area contributed by atoms with Crippen LogP contribution in [0.25, 0.3) is 43.8 Å². The molecule has 7 rings (SSSR count). The van der Waals surface area contributed by atoms with E-state index in [0.717, 1.165) is 11.8 Å². The fourth-order valence-corrected chi connectivity index (χ4v) is 8.44. The Balaban J connectivity index is 0.000000252. The summed E-state index contributed by atoms with van der Waals surface area (Å²) in [5.41, 5.74) is 10.1. The van der Waals surface area contributed by atoms with Gasteiger partial charge in [0.2, 0.25) is 0 Å². The molecule has 0 bridgehead atoms. The molecule has 0 atom stereocenters. The third-order valence-electron chi connectivity index (χ3n) is 10.3. The van der Waals surface area contributed by atoms with Gasteiger partial charge in [-0.25, -0.2) is 0 Å². The predicted octanol–water partition coefficient (Wildman–Crippen LogP) is 7.69. The van der Waals surface area contributed by atoms with Crippen molar-refractivity contribution in [3.05, 3.63) is 126 Å². The van der Waals surface area contributed by atoms with Crippen LogP contribution in [-0.4, -0.2) is 13.5 Å². The molecule has 1 aliphatic rings. The Morgan fingerprint density at radius 1 is 0.673 bits per heavy atom. The summed E-state index contributed by atoms with van der Waals surface area (Å²) in [4.78, 5) is 0. The van der Waals surface area contributed by atoms with Crippen molar-refractivity contribution < 1.29 is 48.1 Å². The Morgan fingerprint density at radius 3 is 1.62 bits per heavy atom. The minimum absolute atomic E-state index is 0. The van der Waals surface area contributed by atoms with Crippen molar-refractivity contribution in [2.24, 2.45) is 5.92 Å². The van der Waals surface area contributed by atoms with Crippen LogP contribution in [0.5, 0.6) is 0 Å². The molecule has 1 aliphatic carbocycles. The Labute approximate surface area is 344 Å². The van der Waals surface area contributed by atoms with Crippen LogP contribution in [0.2, 0.25) is 32.7 Å². The zero-order valence-corrected chi connectivity index (χ0v) is 39.1. The summed E-state index contributed by atoms with van der Waals surface area (Å²) >= 11 is 1.74. The third kappa shape index (κ3) is 11.5. The molecule has 1 saturated carbocycles. The van der Waals surface area contributed by atoms with Gasteiger partial charge in [0.1, 0.15) is 0 Å². The van der Waals surface area contributed by atoms with Gasteiger partial charge in [0.25, 0.3) is 0 Å². The maximum absolute atomic E-state index is 2.48. The van der Waals surface area contributed by atoms with E-state index in [2.05, 4.69) is 177 Å². The van der Waals surface area contributed by atoms with E-state index in [-0.39, 0.29) is 35.7 Å². The van der Waals surface area contributed by atoms with Gasteiger partial charge in [-0.05, 0) is 46.8 Å². The van der Waals surface area contributed by atoms with Gasteiger partial charge in [-0.1, -0.05) is 144 Å². The molecular weight excluding hydrogens is 783 g/mol. The Hall–Kier alpha value is -2.00. The Morgan fingerprint density at radius 2 is 1.13 bits per heavy atom. The van der Waals surface area contributed by atoms with Crippen LogP contribution in [0.15, 0.2) is 109 Å². The Bertz CT molecular complexity index is 2020. The smallest absolute Gasteiger partial charge is 0.0775 e. The molecule has 0 aromatic heterocycles. The van der Waals surface area contributed by atoms with Gasteiger partial charge in [0.05, 0.1) is 8.07 Å². The topological polar surface area (TPSA) is 0 Å². The molecule has 0 spiro atoms. The number of halogens is 2. The first-order valence-electron chi connectivity index (χ1n) is 18.7. The van der Waals surface area contributed by atoms with Crippen LogP contribution in [-0.2, 0) is 28.8 Å². The standard InChI is InChI=1S/C26H31.C19H21Si.C2H6Si.2ClH.Zr/c1-18-8-10-19(11-9-18)22-16-21-6-5-7-24(25(21)17-22)20-12-14-23(15-13-20)26(2,3)4;1-14-12-16-6-5-7-18(19(16)13-14)15-8-10-17(11-9-15)20(2,3)4;1-3-2;;;/h5-7,12-19H,8-11H2,1-4H3;5-13H,1-4H3;1-2H3;2*1H;/q2*-1;;;;+2/p-2. The molecule has 0 radical (unpaired) electrons. The van der Waals surface area contributed by atoms with Gasteiger partial charge in [-0.15, -0.1) is 69.1 Å². The van der Waals surface area contributed by atoms with Gasteiger partial charge in [-0.3, -0.25) is 0 Å². The number of fused-ring (bicyclic) bond motifs is 2. The van der Waals surface area contributed by atoms with E-state index in [4.69, 9.17) is 0 Å². The van der Waals surface area contributed by atoms with E-state index in [0.29, 0.717) is 0 Å². The van der Waals surface area contributed by atoms with Crippen molar-refractivity contribution in [1.82, 2.24) is 0 Å². The summed E-state index contributed by atoms with van der Waals surface area (Å²) in [7, 11) is -1.21. The van der Waals surface area contributed by atoms with Gasteiger partial charge in [0.15, 0.2) is 0 Å². The van der Waals surface area contributed by atoms with Crippen LogP contribution >= 0.6 is 0 Å². The van der Waals surface area contributed by atoms with Gasteiger partial charge in [0, 0.05) is 0 Å². The van der Waals surface area contributed by atoms with E-state index < -0.39 is 8.07 Å². The molecule has 0 N–H and O–H groups in total. The zero-order valence-electron chi connectivity index (χ0n) is 33.1. The summed E-state index contributed by atoms with van der Waals surface area (Å²) in [6, 6.07) is 41.2. The first kappa shape index (κ1) is 44.4. The second kappa shape index (κ2) is 19.0. The Kier molecular flexibility index (Phi) is 16.3. The van der Waals surface area contributed by atoms with Gasteiger partial charge >= 0.3 is 41.9 Å². The minimum Gasteiger partial charge on any atom is -1.00 e. The van der Waals surface area contributed by atoms with Crippen LogP contribution in [0.1, 0.15) is 76.0 Å². The third-order valence-corrected chi connectivity index (χ3v) is 12.3. The molecule has 274 valence electrons. The first-order chi connectivity index (χ1) is 23.6. The SMILES string of the molecule is CC1CCC(c2cc3c(-c4ccc(C(C)(C)C)cc4)cccc3[cH-]2)CC1.C[Si](C)=[Zr+2].Cc1cc2c(-c3ccc([Si](C)(C)C)cc3)cccc2[cH-]1.[Cl-].[Cl-]. The molecule has 0 heterocycles. The summed E-state index contributed by atoms with van der Waals surface area (Å²) < 4.78 is 0. The second-order valence-corrected chi connectivity index (χ2v) is 31.5. The second-order valence-electron chi connectivity index (χ2n) is 17.0. The van der Waals surface area contributed by atoms with Crippen LogP contribution in [0.3, 0.4) is 0 Å². The number of hydrogen-bond donors (Lipinski definition) is 0. The number of rotatable bonds is 4. The van der Waals surface area contributed by atoms with Crippen LogP contribution in [0, 0.1) is 12.8 Å². The van der Waals surface area contributed by atoms with Crippen molar-refractivity contribution in [2.45, 2.75) is 104 Å². The first-order valence-corrected chi connectivity index (χ1v) is 28.4. The van der Waals surface area contributed by atoms with Gasteiger partial charge in [-0.2, -0.15) is 12.1 Å². The van der Waals surface area contributed by atoms with E-state index in [1.54, 1.807) is 28.9 Å². The number of benzene rings is 4. The van der Waals surface area contributed by atoms with E-state index in [9.17, 15) is 0 Å². The maximum atomic E-state index is 2.48. The normalized spacial score (nSPS) is 15.8. The largest absolute Gasteiger partial charge is 1.00 e. The fraction of sp³-hybridized carbons (Fsp3) is 0.362. The molecule has 0 amide bonds. The van der Waals surface area contributed by atoms with E-state index in [1.807, 2.05) is 0 Å². The summed E-state index contributed by atoms with van der Waals surface area (Å²) in [5, 5.41) is 7.05. The summed E-state index contributed by atoms with van der Waals surface area (Å²) in [6.45, 7) is 23.2. The molecule has 0 unspecified atom stereocenters. The molecule has 1 fully saturated rings. The molecule has 0 saturated heterocycles. The quantitative estimate of drug-likeness (QED) is 0.126. The number of aryl methyl sites for hydroxylation is 1. The fourth-order valence-electron chi connectivity index (χ4n) is 7.27. The van der Waals surface area contributed by atoms with Crippen molar-refractivity contribution in [1.29, 1.82) is 0 Å². The molecule has 0 aliphatic heterocycles. The van der Waals surface area contributed by atoms with Crippen LogP contribution in [0.4, 0.5) is 0 Å².